The second kappa shape index (κ2) is 10.8. The van der Waals surface area contributed by atoms with Gasteiger partial charge >= 0.3 is 0 Å². The average Bonchev–Trinajstić information content (AvgIpc) is 2.75. The number of halogens is 1. The average molecular weight is 489 g/mol. The number of methoxy groups -OCH3 is 1. The predicted molar refractivity (Wildman–Crippen MR) is 123 cm³/mol. The molecule has 0 spiro atoms. The van der Waals surface area contributed by atoms with Crippen molar-refractivity contribution in [3.8, 4) is 5.75 Å². The molecule has 2 aromatic carbocycles. The number of hydrogen-bond donors (Lipinski definition) is 1. The molecule has 31 heavy (non-hydrogen) atoms. The van der Waals surface area contributed by atoms with Gasteiger partial charge in [-0.2, -0.15) is 0 Å². The molecule has 1 aliphatic rings. The topological polar surface area (TPSA) is 67.9 Å². The molecular formula is C24H29BrN2O4. The van der Waals surface area contributed by atoms with Gasteiger partial charge in [-0.3, -0.25) is 9.59 Å². The molecule has 2 atom stereocenters. The van der Waals surface area contributed by atoms with Crippen LogP contribution in [0.2, 0.25) is 0 Å². The summed E-state index contributed by atoms with van der Waals surface area (Å²) in [4.78, 5) is 26.8. The van der Waals surface area contributed by atoms with Crippen molar-refractivity contribution in [3.63, 3.8) is 0 Å². The van der Waals surface area contributed by atoms with E-state index in [2.05, 4.69) is 21.2 Å². The Hall–Kier alpha value is -2.38. The molecule has 0 aliphatic carbocycles. The number of carbonyl (C=O) groups is 2. The Balaban J connectivity index is 1.47. The van der Waals surface area contributed by atoms with Gasteiger partial charge in [-0.25, -0.2) is 0 Å². The molecule has 7 heteroatoms. The second-order valence-electron chi connectivity index (χ2n) is 7.91. The molecule has 0 radical (unpaired) electrons. The molecule has 2 unspecified atom stereocenters. The minimum atomic E-state index is -0.0108. The minimum absolute atomic E-state index is 0.0108. The summed E-state index contributed by atoms with van der Waals surface area (Å²) in [5.41, 5.74) is 2.68. The number of rotatable bonds is 7. The number of carbonyl (C=O) groups excluding carboxylic acids is 2. The molecule has 0 saturated carbocycles. The fraction of sp³-hybridized carbons (Fsp3) is 0.417. The van der Waals surface area contributed by atoms with Crippen molar-refractivity contribution >= 4 is 27.7 Å². The first-order valence-corrected chi connectivity index (χ1v) is 11.3. The van der Waals surface area contributed by atoms with E-state index in [1.54, 1.807) is 7.11 Å². The molecule has 1 fully saturated rings. The highest BCUT2D eigenvalue weighted by molar-refractivity contribution is 9.10. The van der Waals surface area contributed by atoms with Crippen LogP contribution in [0, 0.1) is 0 Å². The van der Waals surface area contributed by atoms with E-state index in [0.717, 1.165) is 21.3 Å². The summed E-state index contributed by atoms with van der Waals surface area (Å²) >= 11 is 3.46. The van der Waals surface area contributed by atoms with Gasteiger partial charge in [0.2, 0.25) is 5.91 Å². The summed E-state index contributed by atoms with van der Waals surface area (Å²) in [6.45, 7) is 5.60. The monoisotopic (exact) mass is 488 g/mol. The zero-order chi connectivity index (χ0) is 22.4. The number of nitrogens with zero attached hydrogens (tertiary/aromatic N) is 1. The van der Waals surface area contributed by atoms with Crippen molar-refractivity contribution in [2.45, 2.75) is 45.4 Å². The number of amides is 2. The molecule has 1 heterocycles. The van der Waals surface area contributed by atoms with Gasteiger partial charge in [-0.15, -0.1) is 0 Å². The summed E-state index contributed by atoms with van der Waals surface area (Å²) in [6, 6.07) is 13.2. The number of hydrogen-bond acceptors (Lipinski definition) is 4. The van der Waals surface area contributed by atoms with E-state index in [1.807, 2.05) is 61.2 Å². The first-order valence-electron chi connectivity index (χ1n) is 10.5. The fourth-order valence-corrected chi connectivity index (χ4v) is 4.29. The number of benzene rings is 2. The molecule has 3 rings (SSSR count). The van der Waals surface area contributed by atoms with Crippen LogP contribution in [0.5, 0.6) is 5.75 Å². The van der Waals surface area contributed by atoms with Gasteiger partial charge in [0.25, 0.3) is 5.91 Å². The normalized spacial score (nSPS) is 18.5. The van der Waals surface area contributed by atoms with Crippen LogP contribution in [0.25, 0.3) is 0 Å². The Bertz CT molecular complexity index is 906. The Kier molecular flexibility index (Phi) is 8.09. The van der Waals surface area contributed by atoms with Crippen molar-refractivity contribution in [1.29, 1.82) is 0 Å². The van der Waals surface area contributed by atoms with Crippen LogP contribution in [0.1, 0.15) is 41.8 Å². The number of nitrogens with one attached hydrogen (secondary N) is 1. The van der Waals surface area contributed by atoms with E-state index in [1.165, 1.54) is 0 Å². The number of aryl methyl sites for hydroxylation is 1. The largest absolute Gasteiger partial charge is 0.496 e. The molecule has 2 amide bonds. The number of ether oxygens (including phenoxy) is 2. The van der Waals surface area contributed by atoms with Crippen molar-refractivity contribution in [2.75, 3.05) is 20.2 Å². The summed E-state index contributed by atoms with van der Waals surface area (Å²) < 4.78 is 11.8. The third kappa shape index (κ3) is 6.55. The Morgan fingerprint density at radius 1 is 1.10 bits per heavy atom. The Labute approximate surface area is 192 Å². The van der Waals surface area contributed by atoms with E-state index >= 15 is 0 Å². The van der Waals surface area contributed by atoms with Crippen LogP contribution in [-0.2, 0) is 22.5 Å². The molecule has 1 N–H and O–H groups in total. The van der Waals surface area contributed by atoms with Gasteiger partial charge < -0.3 is 19.7 Å². The lowest BCUT2D eigenvalue weighted by Gasteiger charge is -2.35. The summed E-state index contributed by atoms with van der Waals surface area (Å²) in [6.07, 6.45) is 1.14. The standard InChI is InChI=1S/C24H29BrN2O4/c1-16-14-27(15-17(2)31-16)24(29)20-8-4-19(5-9-20)13-26-23(28)11-7-18-6-10-22(30-3)21(25)12-18/h4-6,8-10,12,16-17H,7,11,13-15H2,1-3H3,(H,26,28). The highest BCUT2D eigenvalue weighted by Gasteiger charge is 2.26. The van der Waals surface area contributed by atoms with Gasteiger partial charge in [0, 0.05) is 31.6 Å². The van der Waals surface area contributed by atoms with E-state index < -0.39 is 0 Å². The van der Waals surface area contributed by atoms with Crippen LogP contribution >= 0.6 is 15.9 Å². The van der Waals surface area contributed by atoms with Gasteiger partial charge in [-0.05, 0) is 71.6 Å². The van der Waals surface area contributed by atoms with Gasteiger partial charge in [0.15, 0.2) is 0 Å². The van der Waals surface area contributed by atoms with Crippen LogP contribution in [0.4, 0.5) is 0 Å². The molecule has 166 valence electrons. The molecule has 6 nitrogen and oxygen atoms in total. The van der Waals surface area contributed by atoms with Gasteiger partial charge in [0.05, 0.1) is 23.8 Å². The van der Waals surface area contributed by atoms with Crippen LogP contribution in [-0.4, -0.2) is 49.1 Å². The fourth-order valence-electron chi connectivity index (χ4n) is 3.70. The molecular weight excluding hydrogens is 460 g/mol. The first kappa shape index (κ1) is 23.3. The maximum atomic E-state index is 12.7. The Morgan fingerprint density at radius 3 is 2.35 bits per heavy atom. The summed E-state index contributed by atoms with van der Waals surface area (Å²) in [7, 11) is 1.62. The highest BCUT2D eigenvalue weighted by Crippen LogP contribution is 2.26. The van der Waals surface area contributed by atoms with Gasteiger partial charge in [-0.1, -0.05) is 18.2 Å². The van der Waals surface area contributed by atoms with Gasteiger partial charge in [0.1, 0.15) is 5.75 Å². The molecule has 0 bridgehead atoms. The van der Waals surface area contributed by atoms with Crippen LogP contribution < -0.4 is 10.1 Å². The Morgan fingerprint density at radius 2 is 1.74 bits per heavy atom. The van der Waals surface area contributed by atoms with E-state index in [0.29, 0.717) is 38.0 Å². The lowest BCUT2D eigenvalue weighted by Crippen LogP contribution is -2.48. The van der Waals surface area contributed by atoms with E-state index in [4.69, 9.17) is 9.47 Å². The zero-order valence-corrected chi connectivity index (χ0v) is 19.8. The van der Waals surface area contributed by atoms with Crippen LogP contribution in [0.15, 0.2) is 46.9 Å². The lowest BCUT2D eigenvalue weighted by atomic mass is 10.1. The highest BCUT2D eigenvalue weighted by atomic mass is 79.9. The smallest absolute Gasteiger partial charge is 0.254 e. The maximum absolute atomic E-state index is 12.7. The zero-order valence-electron chi connectivity index (χ0n) is 18.2. The minimum Gasteiger partial charge on any atom is -0.496 e. The SMILES string of the molecule is COc1ccc(CCC(=O)NCc2ccc(C(=O)N3CC(C)OC(C)C3)cc2)cc1Br. The third-order valence-corrected chi connectivity index (χ3v) is 5.87. The molecule has 1 aliphatic heterocycles. The maximum Gasteiger partial charge on any atom is 0.254 e. The lowest BCUT2D eigenvalue weighted by molar-refractivity contribution is -0.121. The quantitative estimate of drug-likeness (QED) is 0.640. The summed E-state index contributed by atoms with van der Waals surface area (Å²) in [5, 5.41) is 2.94. The van der Waals surface area contributed by atoms with Crippen molar-refractivity contribution < 1.29 is 19.1 Å². The van der Waals surface area contributed by atoms with Crippen LogP contribution in [0.3, 0.4) is 0 Å². The van der Waals surface area contributed by atoms with Crippen molar-refractivity contribution in [2.24, 2.45) is 0 Å². The van der Waals surface area contributed by atoms with E-state index in [9.17, 15) is 9.59 Å². The predicted octanol–water partition coefficient (Wildman–Crippen LogP) is 3.96. The number of morpholine rings is 1. The molecule has 2 aromatic rings. The van der Waals surface area contributed by atoms with Crippen molar-refractivity contribution in [1.82, 2.24) is 10.2 Å². The summed E-state index contributed by atoms with van der Waals surface area (Å²) in [5.74, 6) is 0.777. The van der Waals surface area contributed by atoms with Crippen molar-refractivity contribution in [3.05, 3.63) is 63.6 Å². The molecule has 1 saturated heterocycles. The first-order chi connectivity index (χ1) is 14.9. The third-order valence-electron chi connectivity index (χ3n) is 5.25. The molecule has 0 aromatic heterocycles. The second-order valence-corrected chi connectivity index (χ2v) is 8.76. The van der Waals surface area contributed by atoms with E-state index in [-0.39, 0.29) is 24.0 Å².